The molecule has 1 aromatic carbocycles. The van der Waals surface area contributed by atoms with Crippen LogP contribution in [-0.2, 0) is 6.42 Å². The van der Waals surface area contributed by atoms with Gasteiger partial charge in [0.15, 0.2) is 0 Å². The monoisotopic (exact) mass is 397 g/mol. The molecule has 7 heteroatoms. The number of benzene rings is 1. The quantitative estimate of drug-likeness (QED) is 0.600. The van der Waals surface area contributed by atoms with Crippen molar-refractivity contribution in [2.75, 3.05) is 13.2 Å². The number of ether oxygens (including phenoxy) is 1. The first-order chi connectivity index (χ1) is 13.9. The highest BCUT2D eigenvalue weighted by Crippen LogP contribution is 2.30. The maximum atomic E-state index is 9.50. The van der Waals surface area contributed by atoms with Gasteiger partial charge in [0.05, 0.1) is 12.2 Å². The maximum absolute atomic E-state index is 9.50. The van der Waals surface area contributed by atoms with Gasteiger partial charge < -0.3 is 19.5 Å². The molecule has 2 heterocycles. The van der Waals surface area contributed by atoms with Crippen LogP contribution in [0, 0.1) is 20.8 Å². The van der Waals surface area contributed by atoms with E-state index in [9.17, 15) is 5.11 Å². The highest BCUT2D eigenvalue weighted by Gasteiger charge is 2.15. The number of aliphatic hydroxyl groups excluding tert-OH is 2. The minimum absolute atomic E-state index is 0.0320. The highest BCUT2D eigenvalue weighted by atomic mass is 16.5. The molecule has 0 fully saturated rings. The number of nitrogens with zero attached hydrogens (tertiary/aromatic N) is 3. The van der Waals surface area contributed by atoms with Crippen molar-refractivity contribution in [3.05, 3.63) is 46.8 Å². The van der Waals surface area contributed by atoms with E-state index < -0.39 is 6.10 Å². The molecule has 0 aliphatic heterocycles. The molecule has 3 aromatic rings. The SMILES string of the molecule is CCCc1ncc(-c2nc(-c3cc(C)c(OC[C@@H](O)CO)c(C)c3)no2)cc1C. The zero-order valence-corrected chi connectivity index (χ0v) is 17.3. The van der Waals surface area contributed by atoms with Crippen molar-refractivity contribution < 1.29 is 19.5 Å². The fraction of sp³-hybridized carbons (Fsp3) is 0.409. The van der Waals surface area contributed by atoms with Gasteiger partial charge in [0, 0.05) is 17.5 Å². The van der Waals surface area contributed by atoms with Crippen molar-refractivity contribution in [2.45, 2.75) is 46.6 Å². The zero-order valence-electron chi connectivity index (χ0n) is 17.3. The standard InChI is InChI=1S/C22H27N3O4/c1-5-6-19-13(2)7-17(10-23-19)22-24-21(25-29-22)16-8-14(3)20(15(4)9-16)28-12-18(27)11-26/h7-10,18,26-27H,5-6,11-12H2,1-4H3/t18-/m0/s1. The molecule has 0 amide bonds. The number of aromatic nitrogens is 3. The summed E-state index contributed by atoms with van der Waals surface area (Å²) in [7, 11) is 0. The van der Waals surface area contributed by atoms with Gasteiger partial charge in [0.25, 0.3) is 5.89 Å². The number of hydrogen-bond donors (Lipinski definition) is 2. The van der Waals surface area contributed by atoms with E-state index in [0.29, 0.717) is 17.5 Å². The molecule has 0 bridgehead atoms. The normalized spacial score (nSPS) is 12.2. The van der Waals surface area contributed by atoms with Gasteiger partial charge in [0.2, 0.25) is 5.82 Å². The lowest BCUT2D eigenvalue weighted by atomic mass is 10.1. The molecule has 0 unspecified atom stereocenters. The Morgan fingerprint density at radius 3 is 2.38 bits per heavy atom. The van der Waals surface area contributed by atoms with Crippen LogP contribution < -0.4 is 4.74 Å². The zero-order chi connectivity index (χ0) is 21.0. The molecular weight excluding hydrogens is 370 g/mol. The Labute approximate surface area is 170 Å². The summed E-state index contributed by atoms with van der Waals surface area (Å²) in [6.07, 6.45) is 2.86. The molecule has 1 atom stereocenters. The second kappa shape index (κ2) is 9.15. The van der Waals surface area contributed by atoms with Crippen molar-refractivity contribution in [3.8, 4) is 28.6 Å². The third-order valence-electron chi connectivity index (χ3n) is 4.70. The van der Waals surface area contributed by atoms with Gasteiger partial charge >= 0.3 is 0 Å². The predicted octanol–water partition coefficient (Wildman–Crippen LogP) is 3.41. The second-order valence-electron chi connectivity index (χ2n) is 7.25. The van der Waals surface area contributed by atoms with Gasteiger partial charge in [-0.25, -0.2) is 0 Å². The summed E-state index contributed by atoms with van der Waals surface area (Å²) in [6, 6.07) is 5.85. The van der Waals surface area contributed by atoms with E-state index in [1.54, 1.807) is 6.20 Å². The summed E-state index contributed by atoms with van der Waals surface area (Å²) in [5.41, 5.74) is 5.59. The number of pyridine rings is 1. The van der Waals surface area contributed by atoms with Crippen LogP contribution in [0.25, 0.3) is 22.8 Å². The first kappa shape index (κ1) is 21.0. The van der Waals surface area contributed by atoms with Crippen LogP contribution >= 0.6 is 0 Å². The fourth-order valence-electron chi connectivity index (χ4n) is 3.22. The second-order valence-corrected chi connectivity index (χ2v) is 7.25. The summed E-state index contributed by atoms with van der Waals surface area (Å²) in [4.78, 5) is 9.06. The van der Waals surface area contributed by atoms with Gasteiger partial charge in [-0.05, 0) is 62.1 Å². The summed E-state index contributed by atoms with van der Waals surface area (Å²) in [6.45, 7) is 7.70. The maximum Gasteiger partial charge on any atom is 0.259 e. The van der Waals surface area contributed by atoms with Crippen LogP contribution in [0.3, 0.4) is 0 Å². The third-order valence-corrected chi connectivity index (χ3v) is 4.70. The van der Waals surface area contributed by atoms with Gasteiger partial charge in [-0.1, -0.05) is 18.5 Å². The Balaban J connectivity index is 1.84. The van der Waals surface area contributed by atoms with Crippen LogP contribution in [-0.4, -0.2) is 44.7 Å². The molecular formula is C22H27N3O4. The van der Waals surface area contributed by atoms with E-state index in [-0.39, 0.29) is 13.2 Å². The molecule has 3 rings (SSSR count). The Bertz CT molecular complexity index is 961. The molecule has 0 radical (unpaired) electrons. The summed E-state index contributed by atoms with van der Waals surface area (Å²) < 4.78 is 11.1. The fourth-order valence-corrected chi connectivity index (χ4v) is 3.22. The lowest BCUT2D eigenvalue weighted by molar-refractivity contribution is 0.0532. The average molecular weight is 397 g/mol. The molecule has 7 nitrogen and oxygen atoms in total. The van der Waals surface area contributed by atoms with Crippen LogP contribution in [0.15, 0.2) is 28.9 Å². The van der Waals surface area contributed by atoms with Crippen LogP contribution in [0.5, 0.6) is 5.75 Å². The average Bonchev–Trinajstić information content (AvgIpc) is 3.19. The van der Waals surface area contributed by atoms with Crippen molar-refractivity contribution in [2.24, 2.45) is 0 Å². The van der Waals surface area contributed by atoms with Crippen molar-refractivity contribution in [1.29, 1.82) is 0 Å². The van der Waals surface area contributed by atoms with Gasteiger partial charge in [-0.3, -0.25) is 4.98 Å². The lowest BCUT2D eigenvalue weighted by Gasteiger charge is -2.15. The number of aliphatic hydroxyl groups is 2. The summed E-state index contributed by atoms with van der Waals surface area (Å²) in [5, 5.41) is 22.6. The Morgan fingerprint density at radius 2 is 1.76 bits per heavy atom. The lowest BCUT2D eigenvalue weighted by Crippen LogP contribution is -2.21. The third kappa shape index (κ3) is 4.81. The van der Waals surface area contributed by atoms with Crippen molar-refractivity contribution >= 4 is 0 Å². The van der Waals surface area contributed by atoms with E-state index in [4.69, 9.17) is 14.4 Å². The highest BCUT2D eigenvalue weighted by molar-refractivity contribution is 5.63. The Hall–Kier alpha value is -2.77. The minimum Gasteiger partial charge on any atom is -0.490 e. The van der Waals surface area contributed by atoms with E-state index in [1.807, 2.05) is 39.0 Å². The molecule has 0 saturated heterocycles. The van der Waals surface area contributed by atoms with Crippen LogP contribution in [0.1, 0.15) is 35.7 Å². The van der Waals surface area contributed by atoms with Crippen molar-refractivity contribution in [3.63, 3.8) is 0 Å². The number of rotatable bonds is 8. The first-order valence-electron chi connectivity index (χ1n) is 9.75. The predicted molar refractivity (Wildman–Crippen MR) is 110 cm³/mol. The van der Waals surface area contributed by atoms with Crippen molar-refractivity contribution in [1.82, 2.24) is 15.1 Å². The topological polar surface area (TPSA) is 102 Å². The van der Waals surface area contributed by atoms with Crippen LogP contribution in [0.4, 0.5) is 0 Å². The van der Waals surface area contributed by atoms with E-state index in [0.717, 1.165) is 46.4 Å². The Morgan fingerprint density at radius 1 is 1.07 bits per heavy atom. The summed E-state index contributed by atoms with van der Waals surface area (Å²) in [5.74, 6) is 1.60. The smallest absolute Gasteiger partial charge is 0.259 e. The number of aryl methyl sites for hydroxylation is 4. The largest absolute Gasteiger partial charge is 0.490 e. The first-order valence-corrected chi connectivity index (χ1v) is 9.75. The minimum atomic E-state index is -0.908. The molecule has 154 valence electrons. The van der Waals surface area contributed by atoms with Gasteiger partial charge in [-0.2, -0.15) is 4.98 Å². The van der Waals surface area contributed by atoms with Gasteiger partial charge in [0.1, 0.15) is 18.5 Å². The van der Waals surface area contributed by atoms with E-state index in [1.165, 1.54) is 0 Å². The molecule has 0 aliphatic rings. The molecule has 29 heavy (non-hydrogen) atoms. The molecule has 0 aliphatic carbocycles. The van der Waals surface area contributed by atoms with E-state index >= 15 is 0 Å². The number of hydrogen-bond acceptors (Lipinski definition) is 7. The Kier molecular flexibility index (Phi) is 6.61. The van der Waals surface area contributed by atoms with Gasteiger partial charge in [-0.15, -0.1) is 0 Å². The molecule has 2 aromatic heterocycles. The summed E-state index contributed by atoms with van der Waals surface area (Å²) >= 11 is 0. The molecule has 0 saturated carbocycles. The molecule has 2 N–H and O–H groups in total. The van der Waals surface area contributed by atoms with Crippen LogP contribution in [0.2, 0.25) is 0 Å². The molecule has 0 spiro atoms. The van der Waals surface area contributed by atoms with E-state index in [2.05, 4.69) is 22.0 Å².